The minimum atomic E-state index is 0.323. The van der Waals surface area contributed by atoms with Crippen LogP contribution in [0.25, 0.3) is 0 Å². The highest BCUT2D eigenvalue weighted by Crippen LogP contribution is 2.26. The predicted octanol–water partition coefficient (Wildman–Crippen LogP) is 2.06. The van der Waals surface area contributed by atoms with Crippen LogP contribution in [0.1, 0.15) is 13.8 Å². The van der Waals surface area contributed by atoms with Crippen molar-refractivity contribution in [2.24, 2.45) is 0 Å². The van der Waals surface area contributed by atoms with Crippen molar-refractivity contribution in [2.75, 3.05) is 26.2 Å². The summed E-state index contributed by atoms with van der Waals surface area (Å²) in [6.07, 6.45) is 0.646. The van der Waals surface area contributed by atoms with Gasteiger partial charge in [-0.15, -0.1) is 0 Å². The minimum absolute atomic E-state index is 0.323. The van der Waals surface area contributed by atoms with Crippen molar-refractivity contribution in [1.82, 2.24) is 0 Å². The van der Waals surface area contributed by atoms with Gasteiger partial charge in [0.1, 0.15) is 44.2 Å². The fourth-order valence-corrected chi connectivity index (χ4v) is 2.76. The Morgan fingerprint density at radius 3 is 2.53 bits per heavy atom. The first-order valence-electron chi connectivity index (χ1n) is 6.61. The molecule has 2 rings (SSSR count). The van der Waals surface area contributed by atoms with E-state index in [2.05, 4.69) is 13.8 Å². The van der Waals surface area contributed by atoms with Crippen LogP contribution in [-0.2, 0) is 4.74 Å². The quantitative estimate of drug-likeness (QED) is 0.920. The van der Waals surface area contributed by atoms with E-state index < -0.39 is 0 Å². The van der Waals surface area contributed by atoms with E-state index in [0.29, 0.717) is 28.9 Å². The lowest BCUT2D eigenvalue weighted by Crippen LogP contribution is -3.16. The summed E-state index contributed by atoms with van der Waals surface area (Å²) in [4.78, 5) is 1.52. The summed E-state index contributed by atoms with van der Waals surface area (Å²) in [7, 11) is 0. The lowest BCUT2D eigenvalue weighted by atomic mass is 10.2. The monoisotopic (exact) mass is 304 g/mol. The van der Waals surface area contributed by atoms with Crippen molar-refractivity contribution >= 4 is 23.2 Å². The summed E-state index contributed by atoms with van der Waals surface area (Å²) in [5, 5.41) is 1.08. The van der Waals surface area contributed by atoms with E-state index in [0.717, 1.165) is 25.4 Å². The molecule has 19 heavy (non-hydrogen) atoms. The number of hydrogen-bond acceptors (Lipinski definition) is 2. The van der Waals surface area contributed by atoms with Crippen molar-refractivity contribution in [3.63, 3.8) is 0 Å². The molecule has 1 fully saturated rings. The summed E-state index contributed by atoms with van der Waals surface area (Å²) in [6.45, 7) is 7.96. The minimum Gasteiger partial charge on any atom is -0.488 e. The molecule has 1 aliphatic heterocycles. The van der Waals surface area contributed by atoms with Crippen LogP contribution in [0.4, 0.5) is 0 Å². The van der Waals surface area contributed by atoms with Crippen LogP contribution >= 0.6 is 23.2 Å². The van der Waals surface area contributed by atoms with Gasteiger partial charge in [-0.2, -0.15) is 0 Å². The summed E-state index contributed by atoms with van der Waals surface area (Å²) in [6, 6.07) is 5.35. The van der Waals surface area contributed by atoms with Crippen molar-refractivity contribution < 1.29 is 14.4 Å². The maximum atomic E-state index is 5.95. The number of morpholine rings is 1. The topological polar surface area (TPSA) is 22.9 Å². The molecule has 1 aliphatic rings. The highest BCUT2D eigenvalue weighted by molar-refractivity contribution is 6.42. The van der Waals surface area contributed by atoms with E-state index in [1.165, 1.54) is 4.90 Å². The summed E-state index contributed by atoms with van der Waals surface area (Å²) in [5.41, 5.74) is 0. The van der Waals surface area contributed by atoms with Gasteiger partial charge in [0.15, 0.2) is 0 Å². The fraction of sp³-hybridized carbons (Fsp3) is 0.571. The molecule has 0 bridgehead atoms. The van der Waals surface area contributed by atoms with Gasteiger partial charge in [-0.05, 0) is 26.0 Å². The molecule has 5 heteroatoms. The summed E-state index contributed by atoms with van der Waals surface area (Å²) < 4.78 is 11.4. The van der Waals surface area contributed by atoms with E-state index in [1.807, 2.05) is 6.07 Å². The standard InChI is InChI=1S/C14H19Cl2NO2/c1-10-8-17(9-11(2)19-10)5-6-18-12-3-4-13(15)14(16)7-12/h3-4,7,10-11H,5-6,8-9H2,1-2H3/p+1/t10-,11-/m1/s1. The molecule has 3 nitrogen and oxygen atoms in total. The Bertz CT molecular complexity index is 418. The van der Waals surface area contributed by atoms with Crippen LogP contribution < -0.4 is 9.64 Å². The molecule has 1 heterocycles. The van der Waals surface area contributed by atoms with Crippen molar-refractivity contribution in [3.8, 4) is 5.75 Å². The molecule has 0 amide bonds. The van der Waals surface area contributed by atoms with Crippen LogP contribution in [0.5, 0.6) is 5.75 Å². The normalized spacial score (nSPS) is 27.3. The Hall–Kier alpha value is -0.480. The highest BCUT2D eigenvalue weighted by Gasteiger charge is 2.25. The Morgan fingerprint density at radius 2 is 1.89 bits per heavy atom. The van der Waals surface area contributed by atoms with Gasteiger partial charge in [0.25, 0.3) is 0 Å². The van der Waals surface area contributed by atoms with E-state index in [9.17, 15) is 0 Å². The van der Waals surface area contributed by atoms with Crippen molar-refractivity contribution in [2.45, 2.75) is 26.1 Å². The molecule has 0 unspecified atom stereocenters. The Morgan fingerprint density at radius 1 is 1.21 bits per heavy atom. The van der Waals surface area contributed by atoms with E-state index >= 15 is 0 Å². The number of halogens is 2. The van der Waals surface area contributed by atoms with Gasteiger partial charge in [-0.25, -0.2) is 0 Å². The number of rotatable bonds is 4. The average molecular weight is 305 g/mol. The molecule has 0 aromatic heterocycles. The molecular formula is C14H20Cl2NO2+. The third-order valence-electron chi connectivity index (χ3n) is 3.23. The van der Waals surface area contributed by atoms with E-state index in [4.69, 9.17) is 32.7 Å². The molecule has 2 atom stereocenters. The first kappa shape index (κ1) is 14.9. The average Bonchev–Trinajstić information content (AvgIpc) is 2.32. The van der Waals surface area contributed by atoms with E-state index in [1.54, 1.807) is 12.1 Å². The van der Waals surface area contributed by atoms with Crippen molar-refractivity contribution in [3.05, 3.63) is 28.2 Å². The fourth-order valence-electron chi connectivity index (χ4n) is 2.47. The second kappa shape index (κ2) is 6.80. The number of hydrogen-bond donors (Lipinski definition) is 1. The van der Waals surface area contributed by atoms with Gasteiger partial charge in [0.05, 0.1) is 10.0 Å². The first-order valence-corrected chi connectivity index (χ1v) is 7.37. The number of ether oxygens (including phenoxy) is 2. The molecule has 1 N–H and O–H groups in total. The second-order valence-electron chi connectivity index (χ2n) is 5.09. The van der Waals surface area contributed by atoms with Crippen LogP contribution in [0, 0.1) is 0 Å². The maximum absolute atomic E-state index is 5.95. The van der Waals surface area contributed by atoms with E-state index in [-0.39, 0.29) is 0 Å². The molecule has 1 aromatic carbocycles. The zero-order chi connectivity index (χ0) is 13.8. The third kappa shape index (κ3) is 4.53. The Kier molecular flexibility index (Phi) is 5.34. The summed E-state index contributed by atoms with van der Waals surface area (Å²) in [5.74, 6) is 0.767. The molecule has 0 radical (unpaired) electrons. The predicted molar refractivity (Wildman–Crippen MR) is 77.5 cm³/mol. The van der Waals surface area contributed by atoms with Crippen LogP contribution in [-0.4, -0.2) is 38.4 Å². The highest BCUT2D eigenvalue weighted by atomic mass is 35.5. The maximum Gasteiger partial charge on any atom is 0.137 e. The van der Waals surface area contributed by atoms with Gasteiger partial charge in [0, 0.05) is 6.07 Å². The lowest BCUT2D eigenvalue weighted by molar-refractivity contribution is -0.915. The Labute approximate surface area is 124 Å². The van der Waals surface area contributed by atoms with Crippen LogP contribution in [0.3, 0.4) is 0 Å². The van der Waals surface area contributed by atoms with Crippen LogP contribution in [0.15, 0.2) is 18.2 Å². The SMILES string of the molecule is C[C@@H]1C[NH+](CCOc2ccc(Cl)c(Cl)c2)C[C@@H](C)O1. The van der Waals surface area contributed by atoms with Gasteiger partial charge >= 0.3 is 0 Å². The number of quaternary nitrogens is 1. The Balaban J connectivity index is 1.78. The number of nitrogens with one attached hydrogen (secondary N) is 1. The zero-order valence-electron chi connectivity index (χ0n) is 11.3. The molecule has 1 saturated heterocycles. The number of benzene rings is 1. The molecule has 106 valence electrons. The van der Waals surface area contributed by atoms with Gasteiger partial charge in [-0.1, -0.05) is 23.2 Å². The molecule has 0 spiro atoms. The lowest BCUT2D eigenvalue weighted by Gasteiger charge is -2.32. The summed E-state index contributed by atoms with van der Waals surface area (Å²) >= 11 is 11.8. The molecule has 0 saturated carbocycles. The molecular weight excluding hydrogens is 285 g/mol. The van der Waals surface area contributed by atoms with Gasteiger partial charge in [-0.3, -0.25) is 0 Å². The van der Waals surface area contributed by atoms with Crippen molar-refractivity contribution in [1.29, 1.82) is 0 Å². The first-order chi connectivity index (χ1) is 9.04. The largest absolute Gasteiger partial charge is 0.488 e. The van der Waals surface area contributed by atoms with Gasteiger partial charge < -0.3 is 14.4 Å². The third-order valence-corrected chi connectivity index (χ3v) is 3.97. The van der Waals surface area contributed by atoms with Crippen LogP contribution in [0.2, 0.25) is 10.0 Å². The second-order valence-corrected chi connectivity index (χ2v) is 5.90. The molecule has 0 aliphatic carbocycles. The smallest absolute Gasteiger partial charge is 0.137 e. The molecule has 1 aromatic rings. The van der Waals surface area contributed by atoms with Gasteiger partial charge in [0.2, 0.25) is 0 Å². The zero-order valence-corrected chi connectivity index (χ0v) is 12.8.